The van der Waals surface area contributed by atoms with Crippen molar-refractivity contribution in [3.8, 4) is 0 Å². The van der Waals surface area contributed by atoms with Crippen LogP contribution in [-0.4, -0.2) is 52.4 Å². The Balaban J connectivity index is 1.59. The number of fused-ring (bicyclic) bond motifs is 1. The number of aryl methyl sites for hydroxylation is 1. The third-order valence-electron chi connectivity index (χ3n) is 4.83. The molecule has 1 aromatic carbocycles. The summed E-state index contributed by atoms with van der Waals surface area (Å²) in [7, 11) is 0. The molecular formula is C21H22N4O3. The van der Waals surface area contributed by atoms with E-state index in [1.807, 2.05) is 43.3 Å². The normalized spacial score (nSPS) is 14.2. The van der Waals surface area contributed by atoms with E-state index in [-0.39, 0.29) is 23.3 Å². The largest absolute Gasteiger partial charge is 0.378 e. The Kier molecular flexibility index (Phi) is 5.08. The zero-order valence-corrected chi connectivity index (χ0v) is 15.7. The van der Waals surface area contributed by atoms with E-state index in [1.54, 1.807) is 21.6 Å². The molecule has 1 fully saturated rings. The molecule has 1 aliphatic rings. The number of morpholine rings is 1. The van der Waals surface area contributed by atoms with E-state index >= 15 is 0 Å². The van der Waals surface area contributed by atoms with Crippen molar-refractivity contribution in [2.45, 2.75) is 13.5 Å². The van der Waals surface area contributed by atoms with Gasteiger partial charge in [0.2, 0.25) is 5.82 Å². The highest BCUT2D eigenvalue weighted by Gasteiger charge is 2.26. The standard InChI is InChI=1S/C21H22N4O3/c1-15-5-7-16(8-6-15)14-22-20(26)18-17-4-2-3-9-25(17)19(23-18)21(27)24-10-12-28-13-11-24/h2-9H,10-14H2,1H3,(H,22,26). The molecule has 0 radical (unpaired) electrons. The number of carbonyl (C=O) groups is 2. The van der Waals surface area contributed by atoms with Crippen molar-refractivity contribution >= 4 is 17.3 Å². The van der Waals surface area contributed by atoms with Crippen molar-refractivity contribution in [2.24, 2.45) is 0 Å². The molecule has 0 atom stereocenters. The molecule has 1 N–H and O–H groups in total. The maximum atomic E-state index is 12.9. The van der Waals surface area contributed by atoms with Crippen molar-refractivity contribution in [2.75, 3.05) is 26.3 Å². The Morgan fingerprint density at radius 3 is 2.61 bits per heavy atom. The molecule has 7 nitrogen and oxygen atoms in total. The fourth-order valence-electron chi connectivity index (χ4n) is 3.24. The van der Waals surface area contributed by atoms with Gasteiger partial charge in [0.1, 0.15) is 0 Å². The molecule has 0 unspecified atom stereocenters. The van der Waals surface area contributed by atoms with Gasteiger partial charge in [-0.3, -0.25) is 14.0 Å². The van der Waals surface area contributed by atoms with Crippen LogP contribution in [0.1, 0.15) is 32.2 Å². The first-order chi connectivity index (χ1) is 13.6. The second-order valence-corrected chi connectivity index (χ2v) is 6.81. The molecule has 28 heavy (non-hydrogen) atoms. The Labute approximate surface area is 162 Å². The number of aromatic nitrogens is 2. The quantitative estimate of drug-likeness (QED) is 0.754. The highest BCUT2D eigenvalue weighted by molar-refractivity contribution is 6.02. The third kappa shape index (κ3) is 3.61. The smallest absolute Gasteiger partial charge is 0.290 e. The van der Waals surface area contributed by atoms with E-state index in [0.29, 0.717) is 38.4 Å². The second-order valence-electron chi connectivity index (χ2n) is 6.81. The second kappa shape index (κ2) is 7.82. The van der Waals surface area contributed by atoms with E-state index in [1.165, 1.54) is 5.56 Å². The number of pyridine rings is 1. The number of benzene rings is 1. The SMILES string of the molecule is Cc1ccc(CNC(=O)c2nc(C(=O)N3CCOCC3)n3ccccc23)cc1. The molecule has 1 aliphatic heterocycles. The predicted molar refractivity (Wildman–Crippen MR) is 104 cm³/mol. The van der Waals surface area contributed by atoms with Gasteiger partial charge in [-0.05, 0) is 24.6 Å². The third-order valence-corrected chi connectivity index (χ3v) is 4.83. The lowest BCUT2D eigenvalue weighted by atomic mass is 10.1. The van der Waals surface area contributed by atoms with Crippen LogP contribution in [-0.2, 0) is 11.3 Å². The number of carbonyl (C=O) groups excluding carboxylic acids is 2. The van der Waals surface area contributed by atoms with Gasteiger partial charge >= 0.3 is 0 Å². The van der Waals surface area contributed by atoms with Crippen LogP contribution in [0.4, 0.5) is 0 Å². The number of hydrogen-bond donors (Lipinski definition) is 1. The maximum Gasteiger partial charge on any atom is 0.290 e. The monoisotopic (exact) mass is 378 g/mol. The van der Waals surface area contributed by atoms with Crippen molar-refractivity contribution in [1.82, 2.24) is 19.6 Å². The average Bonchev–Trinajstić information content (AvgIpc) is 3.13. The number of hydrogen-bond acceptors (Lipinski definition) is 4. The van der Waals surface area contributed by atoms with E-state index in [2.05, 4.69) is 10.3 Å². The van der Waals surface area contributed by atoms with Gasteiger partial charge in [-0.15, -0.1) is 0 Å². The summed E-state index contributed by atoms with van der Waals surface area (Å²) in [6, 6.07) is 13.4. The number of ether oxygens (including phenoxy) is 1. The molecule has 0 aliphatic carbocycles. The summed E-state index contributed by atoms with van der Waals surface area (Å²) < 4.78 is 6.99. The van der Waals surface area contributed by atoms with Gasteiger partial charge in [-0.2, -0.15) is 0 Å². The summed E-state index contributed by atoms with van der Waals surface area (Å²) in [5, 5.41) is 2.90. The zero-order chi connectivity index (χ0) is 19.5. The summed E-state index contributed by atoms with van der Waals surface area (Å²) in [5.41, 5.74) is 3.04. The molecule has 1 saturated heterocycles. The van der Waals surface area contributed by atoms with Crippen molar-refractivity contribution in [1.29, 1.82) is 0 Å². The summed E-state index contributed by atoms with van der Waals surface area (Å²) in [4.78, 5) is 31.8. The number of imidazole rings is 1. The van der Waals surface area contributed by atoms with Crippen LogP contribution < -0.4 is 5.32 Å². The van der Waals surface area contributed by atoms with E-state index < -0.39 is 0 Å². The minimum atomic E-state index is -0.301. The number of rotatable bonds is 4. The molecule has 7 heteroatoms. The van der Waals surface area contributed by atoms with Crippen LogP contribution in [0.15, 0.2) is 48.7 Å². The fraction of sp³-hybridized carbons (Fsp3) is 0.286. The highest BCUT2D eigenvalue weighted by atomic mass is 16.5. The molecule has 144 valence electrons. The molecule has 2 aromatic heterocycles. The molecule has 2 amide bonds. The maximum absolute atomic E-state index is 12.9. The lowest BCUT2D eigenvalue weighted by Crippen LogP contribution is -2.41. The molecule has 0 saturated carbocycles. The van der Waals surface area contributed by atoms with Gasteiger partial charge in [0, 0.05) is 25.8 Å². The molecule has 3 heterocycles. The van der Waals surface area contributed by atoms with Crippen molar-refractivity contribution in [3.63, 3.8) is 0 Å². The van der Waals surface area contributed by atoms with Gasteiger partial charge in [-0.25, -0.2) is 4.98 Å². The first-order valence-electron chi connectivity index (χ1n) is 9.31. The minimum absolute atomic E-state index is 0.193. The molecular weight excluding hydrogens is 356 g/mol. The summed E-state index contributed by atoms with van der Waals surface area (Å²) in [6.07, 6.45) is 1.76. The Morgan fingerprint density at radius 2 is 1.86 bits per heavy atom. The summed E-state index contributed by atoms with van der Waals surface area (Å²) in [5.74, 6) is -0.245. The molecule has 3 aromatic rings. The Bertz CT molecular complexity index is 1000. The minimum Gasteiger partial charge on any atom is -0.378 e. The molecule has 0 spiro atoms. The van der Waals surface area contributed by atoms with Crippen LogP contribution >= 0.6 is 0 Å². The summed E-state index contributed by atoms with van der Waals surface area (Å²) in [6.45, 7) is 4.49. The average molecular weight is 378 g/mol. The lowest BCUT2D eigenvalue weighted by Gasteiger charge is -2.26. The van der Waals surface area contributed by atoms with Crippen LogP contribution in [0.2, 0.25) is 0 Å². The molecule has 0 bridgehead atoms. The van der Waals surface area contributed by atoms with Crippen LogP contribution in [0.25, 0.3) is 5.52 Å². The van der Waals surface area contributed by atoms with Gasteiger partial charge in [0.15, 0.2) is 5.69 Å². The number of amides is 2. The van der Waals surface area contributed by atoms with Gasteiger partial charge in [0.05, 0.1) is 18.7 Å². The van der Waals surface area contributed by atoms with Crippen LogP contribution in [0.5, 0.6) is 0 Å². The van der Waals surface area contributed by atoms with E-state index in [0.717, 1.165) is 5.56 Å². The zero-order valence-electron chi connectivity index (χ0n) is 15.7. The van der Waals surface area contributed by atoms with Crippen LogP contribution in [0, 0.1) is 6.92 Å². The Hall–Kier alpha value is -3.19. The van der Waals surface area contributed by atoms with E-state index in [9.17, 15) is 9.59 Å². The predicted octanol–water partition coefficient (Wildman–Crippen LogP) is 2.05. The van der Waals surface area contributed by atoms with Gasteiger partial charge in [-0.1, -0.05) is 35.9 Å². The van der Waals surface area contributed by atoms with Gasteiger partial charge < -0.3 is 15.0 Å². The number of nitrogens with zero attached hydrogens (tertiary/aromatic N) is 3. The first-order valence-corrected chi connectivity index (χ1v) is 9.31. The highest BCUT2D eigenvalue weighted by Crippen LogP contribution is 2.16. The lowest BCUT2D eigenvalue weighted by molar-refractivity contribution is 0.0294. The van der Waals surface area contributed by atoms with Crippen LogP contribution in [0.3, 0.4) is 0 Å². The van der Waals surface area contributed by atoms with E-state index in [4.69, 9.17) is 4.74 Å². The number of nitrogens with one attached hydrogen (secondary N) is 1. The van der Waals surface area contributed by atoms with Gasteiger partial charge in [0.25, 0.3) is 11.8 Å². The summed E-state index contributed by atoms with van der Waals surface area (Å²) >= 11 is 0. The topological polar surface area (TPSA) is 75.9 Å². The van der Waals surface area contributed by atoms with Crippen molar-refractivity contribution in [3.05, 3.63) is 71.3 Å². The Morgan fingerprint density at radius 1 is 1.11 bits per heavy atom. The molecule has 4 rings (SSSR count). The van der Waals surface area contributed by atoms with Crippen molar-refractivity contribution < 1.29 is 14.3 Å². The first kappa shape index (κ1) is 18.2. The fourth-order valence-corrected chi connectivity index (χ4v) is 3.24.